The van der Waals surface area contributed by atoms with Crippen molar-refractivity contribution >= 4 is 17.7 Å². The van der Waals surface area contributed by atoms with Gasteiger partial charge in [-0.1, -0.05) is 0 Å². The molecule has 6 heteroatoms. The number of aryl methyl sites for hydroxylation is 1. The van der Waals surface area contributed by atoms with Crippen LogP contribution in [0.1, 0.15) is 18.0 Å². The second-order valence-corrected chi connectivity index (χ2v) is 4.59. The number of carbonyl (C=O) groups is 1. The SMILES string of the molecule is Cc1nc(CSC2=CNC(=O)C(O)C2)co1. The van der Waals surface area contributed by atoms with Gasteiger partial charge in [0.1, 0.15) is 12.4 Å². The molecule has 16 heavy (non-hydrogen) atoms. The zero-order valence-corrected chi connectivity index (χ0v) is 9.58. The molecule has 2 N–H and O–H groups in total. The Kier molecular flexibility index (Phi) is 3.31. The molecule has 0 radical (unpaired) electrons. The Morgan fingerprint density at radius 2 is 2.56 bits per heavy atom. The third-order valence-corrected chi connectivity index (χ3v) is 3.24. The maximum absolute atomic E-state index is 11.0. The van der Waals surface area contributed by atoms with Crippen molar-refractivity contribution in [2.75, 3.05) is 0 Å². The minimum Gasteiger partial charge on any atom is -0.449 e. The Morgan fingerprint density at radius 3 is 3.19 bits per heavy atom. The van der Waals surface area contributed by atoms with Gasteiger partial charge in [-0.3, -0.25) is 4.79 Å². The van der Waals surface area contributed by atoms with Gasteiger partial charge in [0.2, 0.25) is 0 Å². The molecule has 2 rings (SSSR count). The first kappa shape index (κ1) is 11.2. The van der Waals surface area contributed by atoms with E-state index in [2.05, 4.69) is 10.3 Å². The molecule has 1 aromatic heterocycles. The van der Waals surface area contributed by atoms with E-state index in [0.717, 1.165) is 10.6 Å². The highest BCUT2D eigenvalue weighted by Gasteiger charge is 2.20. The van der Waals surface area contributed by atoms with Gasteiger partial charge in [-0.25, -0.2) is 4.98 Å². The largest absolute Gasteiger partial charge is 0.449 e. The molecule has 0 aromatic carbocycles. The third kappa shape index (κ3) is 2.65. The first-order valence-electron chi connectivity index (χ1n) is 4.86. The molecule has 0 aliphatic carbocycles. The van der Waals surface area contributed by atoms with E-state index in [0.29, 0.717) is 18.1 Å². The number of oxazole rings is 1. The van der Waals surface area contributed by atoms with Crippen LogP contribution in [-0.4, -0.2) is 22.1 Å². The summed E-state index contributed by atoms with van der Waals surface area (Å²) in [6, 6.07) is 0. The van der Waals surface area contributed by atoms with Crippen molar-refractivity contribution in [2.24, 2.45) is 0 Å². The lowest BCUT2D eigenvalue weighted by Gasteiger charge is -2.17. The molecule has 0 fully saturated rings. The maximum Gasteiger partial charge on any atom is 0.253 e. The molecule has 0 saturated carbocycles. The summed E-state index contributed by atoms with van der Waals surface area (Å²) in [7, 11) is 0. The summed E-state index contributed by atoms with van der Waals surface area (Å²) in [6.45, 7) is 1.79. The van der Waals surface area contributed by atoms with Crippen molar-refractivity contribution < 1.29 is 14.3 Å². The standard InChI is InChI=1S/C10H12N2O3S/c1-6-12-7(4-15-6)5-16-8-2-9(13)10(14)11-3-8/h3-4,9,13H,2,5H2,1H3,(H,11,14). The second-order valence-electron chi connectivity index (χ2n) is 3.49. The van der Waals surface area contributed by atoms with E-state index in [-0.39, 0.29) is 5.91 Å². The van der Waals surface area contributed by atoms with Gasteiger partial charge in [-0.05, 0) is 0 Å². The summed E-state index contributed by atoms with van der Waals surface area (Å²) in [6.07, 6.45) is 2.67. The highest BCUT2D eigenvalue weighted by Crippen LogP contribution is 2.26. The lowest BCUT2D eigenvalue weighted by Crippen LogP contribution is -2.34. The molecule has 0 bridgehead atoms. The van der Waals surface area contributed by atoms with Crippen LogP contribution < -0.4 is 5.32 Å². The maximum atomic E-state index is 11.0. The number of aliphatic hydroxyl groups excluding tert-OH is 1. The highest BCUT2D eigenvalue weighted by molar-refractivity contribution is 8.02. The average molecular weight is 240 g/mol. The van der Waals surface area contributed by atoms with Crippen LogP contribution >= 0.6 is 11.8 Å². The molecule has 5 nitrogen and oxygen atoms in total. The van der Waals surface area contributed by atoms with Crippen LogP contribution in [0.2, 0.25) is 0 Å². The van der Waals surface area contributed by atoms with Crippen LogP contribution in [0.4, 0.5) is 0 Å². The minimum absolute atomic E-state index is 0.346. The van der Waals surface area contributed by atoms with E-state index < -0.39 is 6.10 Å². The van der Waals surface area contributed by atoms with E-state index in [4.69, 9.17) is 4.42 Å². The number of thioether (sulfide) groups is 1. The lowest BCUT2D eigenvalue weighted by atomic mass is 10.2. The number of nitrogens with zero attached hydrogens (tertiary/aromatic N) is 1. The molecule has 1 unspecified atom stereocenters. The predicted molar refractivity (Wildman–Crippen MR) is 59.4 cm³/mol. The molecule has 1 aromatic rings. The number of hydrogen-bond acceptors (Lipinski definition) is 5. The van der Waals surface area contributed by atoms with Gasteiger partial charge >= 0.3 is 0 Å². The number of amides is 1. The summed E-state index contributed by atoms with van der Waals surface area (Å²) >= 11 is 1.53. The Morgan fingerprint density at radius 1 is 1.75 bits per heavy atom. The van der Waals surface area contributed by atoms with Crippen molar-refractivity contribution in [3.8, 4) is 0 Å². The fourth-order valence-corrected chi connectivity index (χ4v) is 2.22. The van der Waals surface area contributed by atoms with Gasteiger partial charge in [-0.2, -0.15) is 0 Å². The number of hydrogen-bond donors (Lipinski definition) is 2. The van der Waals surface area contributed by atoms with Crippen molar-refractivity contribution in [2.45, 2.75) is 25.2 Å². The van der Waals surface area contributed by atoms with Crippen LogP contribution in [0.3, 0.4) is 0 Å². The summed E-state index contributed by atoms with van der Waals surface area (Å²) in [5, 5.41) is 11.9. The van der Waals surface area contributed by atoms with E-state index >= 15 is 0 Å². The van der Waals surface area contributed by atoms with Crippen LogP contribution in [0.5, 0.6) is 0 Å². The second kappa shape index (κ2) is 4.71. The smallest absolute Gasteiger partial charge is 0.253 e. The monoisotopic (exact) mass is 240 g/mol. The van der Waals surface area contributed by atoms with Gasteiger partial charge < -0.3 is 14.8 Å². The zero-order chi connectivity index (χ0) is 11.5. The molecular weight excluding hydrogens is 228 g/mol. The summed E-state index contributed by atoms with van der Waals surface area (Å²) in [5.74, 6) is 0.967. The van der Waals surface area contributed by atoms with E-state index in [9.17, 15) is 9.90 Å². The molecule has 1 atom stereocenters. The highest BCUT2D eigenvalue weighted by atomic mass is 32.2. The summed E-state index contributed by atoms with van der Waals surface area (Å²) in [5.41, 5.74) is 0.856. The minimum atomic E-state index is -0.938. The zero-order valence-electron chi connectivity index (χ0n) is 8.77. The number of rotatable bonds is 3. The molecule has 0 spiro atoms. The Bertz CT molecular complexity index is 427. The van der Waals surface area contributed by atoms with Gasteiger partial charge in [0, 0.05) is 30.2 Å². The molecule has 1 aliphatic heterocycles. The average Bonchev–Trinajstić information content (AvgIpc) is 2.66. The quantitative estimate of drug-likeness (QED) is 0.822. The Hall–Kier alpha value is -1.27. The van der Waals surface area contributed by atoms with Gasteiger partial charge in [0.15, 0.2) is 5.89 Å². The summed E-state index contributed by atoms with van der Waals surface area (Å²) < 4.78 is 5.08. The molecule has 0 saturated heterocycles. The third-order valence-electron chi connectivity index (χ3n) is 2.14. The molecule has 1 amide bonds. The first-order chi connectivity index (χ1) is 7.65. The molecular formula is C10H12N2O3S. The number of carbonyl (C=O) groups excluding carboxylic acids is 1. The van der Waals surface area contributed by atoms with E-state index in [1.165, 1.54) is 11.8 Å². The van der Waals surface area contributed by atoms with Crippen LogP contribution in [0.15, 0.2) is 21.8 Å². The predicted octanol–water partition coefficient (Wildman–Crippen LogP) is 0.938. The fraction of sp³-hybridized carbons (Fsp3) is 0.400. The van der Waals surface area contributed by atoms with Crippen molar-refractivity contribution in [3.05, 3.63) is 29.0 Å². The van der Waals surface area contributed by atoms with E-state index in [1.54, 1.807) is 19.4 Å². The number of nitrogens with one attached hydrogen (secondary N) is 1. The van der Waals surface area contributed by atoms with Gasteiger partial charge in [0.05, 0.1) is 5.69 Å². The number of aliphatic hydroxyl groups is 1. The Balaban J connectivity index is 1.89. The van der Waals surface area contributed by atoms with E-state index in [1.807, 2.05) is 0 Å². The lowest BCUT2D eigenvalue weighted by molar-refractivity contribution is -0.128. The molecule has 1 aliphatic rings. The van der Waals surface area contributed by atoms with Crippen molar-refractivity contribution in [3.63, 3.8) is 0 Å². The topological polar surface area (TPSA) is 75.4 Å². The van der Waals surface area contributed by atoms with Crippen LogP contribution in [0, 0.1) is 6.92 Å². The summed E-state index contributed by atoms with van der Waals surface area (Å²) in [4.78, 5) is 16.1. The van der Waals surface area contributed by atoms with Crippen molar-refractivity contribution in [1.82, 2.24) is 10.3 Å². The Labute approximate surface area is 96.9 Å². The molecule has 86 valence electrons. The van der Waals surface area contributed by atoms with Crippen LogP contribution in [-0.2, 0) is 10.5 Å². The normalized spacial score (nSPS) is 20.5. The fourth-order valence-electron chi connectivity index (χ4n) is 1.33. The van der Waals surface area contributed by atoms with Gasteiger partial charge in [0.25, 0.3) is 5.91 Å². The van der Waals surface area contributed by atoms with Crippen molar-refractivity contribution in [1.29, 1.82) is 0 Å². The first-order valence-corrected chi connectivity index (χ1v) is 5.85. The number of aromatic nitrogens is 1. The van der Waals surface area contributed by atoms with Crippen LogP contribution in [0.25, 0.3) is 0 Å². The van der Waals surface area contributed by atoms with Gasteiger partial charge in [-0.15, -0.1) is 11.8 Å². The molecule has 2 heterocycles.